The van der Waals surface area contributed by atoms with Crippen molar-refractivity contribution in [3.05, 3.63) is 12.2 Å². The normalized spacial score (nSPS) is 24.4. The molecule has 17 heavy (non-hydrogen) atoms. The molecular formula is C12H19N3O2. The molecule has 1 heterocycles. The lowest BCUT2D eigenvalue weighted by Gasteiger charge is -2.13. The summed E-state index contributed by atoms with van der Waals surface area (Å²) in [6, 6.07) is 0. The fourth-order valence-corrected chi connectivity index (χ4v) is 2.55. The van der Waals surface area contributed by atoms with Crippen molar-refractivity contribution in [1.29, 1.82) is 0 Å². The molecule has 0 radical (unpaired) electrons. The van der Waals surface area contributed by atoms with E-state index in [0.717, 1.165) is 25.2 Å². The Balaban J connectivity index is 2.08. The Labute approximate surface area is 101 Å². The molecule has 1 fully saturated rings. The van der Waals surface area contributed by atoms with Gasteiger partial charge in [0.15, 0.2) is 0 Å². The van der Waals surface area contributed by atoms with Gasteiger partial charge in [0.25, 0.3) is 0 Å². The minimum Gasteiger partial charge on any atom is -0.481 e. The van der Waals surface area contributed by atoms with Crippen molar-refractivity contribution in [3.8, 4) is 0 Å². The van der Waals surface area contributed by atoms with Crippen LogP contribution in [0.3, 0.4) is 0 Å². The molecule has 1 saturated carbocycles. The summed E-state index contributed by atoms with van der Waals surface area (Å²) in [5.74, 6) is 0.882. The quantitative estimate of drug-likeness (QED) is 0.868. The first kappa shape index (κ1) is 12.1. The third-order valence-electron chi connectivity index (χ3n) is 3.35. The Bertz CT molecular complexity index is 400. The molecule has 1 aromatic rings. The maximum absolute atomic E-state index is 10.9. The lowest BCUT2D eigenvalue weighted by molar-refractivity contribution is -0.141. The van der Waals surface area contributed by atoms with Gasteiger partial charge in [0, 0.05) is 12.5 Å². The van der Waals surface area contributed by atoms with Crippen LogP contribution in [0.4, 0.5) is 0 Å². The molecule has 0 aromatic carbocycles. The van der Waals surface area contributed by atoms with Gasteiger partial charge in [-0.2, -0.15) is 0 Å². The fraction of sp³-hybridized carbons (Fsp3) is 0.750. The van der Waals surface area contributed by atoms with E-state index in [1.165, 1.54) is 0 Å². The van der Waals surface area contributed by atoms with Crippen molar-refractivity contribution in [2.45, 2.75) is 45.6 Å². The number of rotatable bonds is 4. The van der Waals surface area contributed by atoms with Gasteiger partial charge >= 0.3 is 5.97 Å². The highest BCUT2D eigenvalue weighted by molar-refractivity contribution is 5.70. The van der Waals surface area contributed by atoms with Gasteiger partial charge in [-0.15, -0.1) is 10.2 Å². The van der Waals surface area contributed by atoms with Crippen LogP contribution in [0.5, 0.6) is 0 Å². The Kier molecular flexibility index (Phi) is 3.45. The molecule has 0 aliphatic heterocycles. The van der Waals surface area contributed by atoms with E-state index in [2.05, 4.69) is 28.6 Å². The number of aliphatic carboxylic acids is 1. The van der Waals surface area contributed by atoms with Gasteiger partial charge in [0.1, 0.15) is 12.2 Å². The molecule has 2 atom stereocenters. The van der Waals surface area contributed by atoms with Crippen molar-refractivity contribution in [3.63, 3.8) is 0 Å². The lowest BCUT2D eigenvalue weighted by atomic mass is 10.0. The van der Waals surface area contributed by atoms with Gasteiger partial charge in [-0.1, -0.05) is 13.8 Å². The minimum atomic E-state index is -0.678. The average molecular weight is 237 g/mol. The van der Waals surface area contributed by atoms with Crippen LogP contribution >= 0.6 is 0 Å². The summed E-state index contributed by atoms with van der Waals surface area (Å²) in [6.45, 7) is 5.20. The molecule has 0 bridgehead atoms. The van der Waals surface area contributed by atoms with E-state index in [-0.39, 0.29) is 11.8 Å². The van der Waals surface area contributed by atoms with Gasteiger partial charge < -0.3 is 9.67 Å². The zero-order valence-electron chi connectivity index (χ0n) is 10.3. The van der Waals surface area contributed by atoms with Crippen LogP contribution < -0.4 is 0 Å². The monoisotopic (exact) mass is 237 g/mol. The van der Waals surface area contributed by atoms with Gasteiger partial charge in [-0.25, -0.2) is 0 Å². The summed E-state index contributed by atoms with van der Waals surface area (Å²) < 4.78 is 2.07. The lowest BCUT2D eigenvalue weighted by Crippen LogP contribution is -2.12. The Morgan fingerprint density at radius 1 is 1.59 bits per heavy atom. The molecular weight excluding hydrogens is 218 g/mol. The third-order valence-corrected chi connectivity index (χ3v) is 3.35. The highest BCUT2D eigenvalue weighted by Crippen LogP contribution is 2.37. The molecule has 0 spiro atoms. The molecule has 0 amide bonds. The number of carboxylic acids is 1. The number of aromatic nitrogens is 3. The molecule has 1 aromatic heterocycles. The zero-order valence-corrected chi connectivity index (χ0v) is 10.3. The van der Waals surface area contributed by atoms with Crippen molar-refractivity contribution in [1.82, 2.24) is 14.8 Å². The first-order valence-electron chi connectivity index (χ1n) is 6.18. The van der Waals surface area contributed by atoms with Gasteiger partial charge in [-0.05, 0) is 25.2 Å². The van der Waals surface area contributed by atoms with Gasteiger partial charge in [0.05, 0.1) is 5.92 Å². The fourth-order valence-electron chi connectivity index (χ4n) is 2.55. The van der Waals surface area contributed by atoms with Crippen LogP contribution in [0.2, 0.25) is 0 Å². The summed E-state index contributed by atoms with van der Waals surface area (Å²) in [6.07, 6.45) is 4.12. The van der Waals surface area contributed by atoms with Crippen LogP contribution in [-0.2, 0) is 11.3 Å². The SMILES string of the molecule is CC(C)Cn1cnnc1C1CCC(C(=O)O)C1. The molecule has 2 rings (SSSR count). The van der Waals surface area contributed by atoms with E-state index in [9.17, 15) is 4.79 Å². The van der Waals surface area contributed by atoms with E-state index >= 15 is 0 Å². The Morgan fingerprint density at radius 3 is 2.94 bits per heavy atom. The number of carboxylic acid groups (broad SMARTS) is 1. The summed E-state index contributed by atoms with van der Waals surface area (Å²) in [7, 11) is 0. The van der Waals surface area contributed by atoms with Crippen LogP contribution in [-0.4, -0.2) is 25.8 Å². The van der Waals surface area contributed by atoms with Crippen LogP contribution in [0, 0.1) is 11.8 Å². The molecule has 94 valence electrons. The number of hydrogen-bond donors (Lipinski definition) is 1. The Morgan fingerprint density at radius 2 is 2.35 bits per heavy atom. The first-order valence-corrected chi connectivity index (χ1v) is 6.18. The van der Waals surface area contributed by atoms with Crippen LogP contribution in [0.1, 0.15) is 44.9 Å². The van der Waals surface area contributed by atoms with E-state index in [1.54, 1.807) is 6.33 Å². The highest BCUT2D eigenvalue weighted by atomic mass is 16.4. The largest absolute Gasteiger partial charge is 0.481 e. The Hall–Kier alpha value is -1.39. The topological polar surface area (TPSA) is 68.0 Å². The third kappa shape index (κ3) is 2.65. The summed E-state index contributed by atoms with van der Waals surface area (Å²) in [5.41, 5.74) is 0. The molecule has 2 unspecified atom stereocenters. The number of carbonyl (C=O) groups is 1. The molecule has 1 aliphatic carbocycles. The predicted octanol–water partition coefficient (Wildman–Crippen LogP) is 1.90. The van der Waals surface area contributed by atoms with Crippen molar-refractivity contribution in [2.24, 2.45) is 11.8 Å². The van der Waals surface area contributed by atoms with Gasteiger partial charge in [0.2, 0.25) is 0 Å². The number of nitrogens with zero attached hydrogens (tertiary/aromatic N) is 3. The van der Waals surface area contributed by atoms with Crippen molar-refractivity contribution >= 4 is 5.97 Å². The average Bonchev–Trinajstić information content (AvgIpc) is 2.83. The van der Waals surface area contributed by atoms with Crippen LogP contribution in [0.15, 0.2) is 6.33 Å². The zero-order chi connectivity index (χ0) is 12.4. The minimum absolute atomic E-state index is 0.204. The second-order valence-corrected chi connectivity index (χ2v) is 5.28. The predicted molar refractivity (Wildman–Crippen MR) is 62.6 cm³/mol. The smallest absolute Gasteiger partial charge is 0.306 e. The highest BCUT2D eigenvalue weighted by Gasteiger charge is 2.33. The summed E-state index contributed by atoms with van der Waals surface area (Å²) >= 11 is 0. The second kappa shape index (κ2) is 4.85. The molecule has 0 saturated heterocycles. The van der Waals surface area contributed by atoms with Crippen molar-refractivity contribution < 1.29 is 9.90 Å². The first-order chi connectivity index (χ1) is 8.08. The molecule has 1 aliphatic rings. The number of hydrogen-bond acceptors (Lipinski definition) is 3. The summed E-state index contributed by atoms with van der Waals surface area (Å²) in [5, 5.41) is 17.1. The van der Waals surface area contributed by atoms with E-state index in [4.69, 9.17) is 5.11 Å². The molecule has 5 nitrogen and oxygen atoms in total. The second-order valence-electron chi connectivity index (χ2n) is 5.28. The van der Waals surface area contributed by atoms with Crippen molar-refractivity contribution in [2.75, 3.05) is 0 Å². The molecule has 1 N–H and O–H groups in total. The summed E-state index contributed by atoms with van der Waals surface area (Å²) in [4.78, 5) is 10.9. The van der Waals surface area contributed by atoms with Gasteiger partial charge in [-0.3, -0.25) is 4.79 Å². The van der Waals surface area contributed by atoms with E-state index in [0.29, 0.717) is 12.3 Å². The van der Waals surface area contributed by atoms with E-state index in [1.807, 2.05) is 0 Å². The maximum Gasteiger partial charge on any atom is 0.306 e. The van der Waals surface area contributed by atoms with E-state index < -0.39 is 5.97 Å². The molecule has 5 heteroatoms. The maximum atomic E-state index is 10.9. The van der Waals surface area contributed by atoms with Crippen LogP contribution in [0.25, 0.3) is 0 Å². The standard InChI is InChI=1S/C12H19N3O2/c1-8(2)6-15-7-13-14-11(15)9-3-4-10(5-9)12(16)17/h7-10H,3-6H2,1-2H3,(H,16,17).